The van der Waals surface area contributed by atoms with Crippen LogP contribution in [0.5, 0.6) is 17.2 Å². The van der Waals surface area contributed by atoms with E-state index in [1.165, 1.54) is 7.11 Å². The van der Waals surface area contributed by atoms with Gasteiger partial charge in [-0.05, 0) is 30.1 Å². The van der Waals surface area contributed by atoms with Crippen LogP contribution in [0.25, 0.3) is 0 Å². The Hall–Kier alpha value is -1.71. The van der Waals surface area contributed by atoms with Crippen LogP contribution < -0.4 is 4.74 Å². The van der Waals surface area contributed by atoms with Gasteiger partial charge in [-0.25, -0.2) is 0 Å². The van der Waals surface area contributed by atoms with Crippen molar-refractivity contribution >= 4 is 5.78 Å². The zero-order valence-corrected chi connectivity index (χ0v) is 16.2. The first kappa shape index (κ1) is 18.1. The average molecular weight is 346 g/mol. The van der Waals surface area contributed by atoms with Gasteiger partial charge in [0.2, 0.25) is 0 Å². The molecule has 0 aliphatic heterocycles. The Balaban J connectivity index is 2.39. The Labute approximate surface area is 150 Å². The first-order valence-electron chi connectivity index (χ1n) is 9.25. The maximum atomic E-state index is 13.0. The minimum atomic E-state index is -0.291. The van der Waals surface area contributed by atoms with E-state index >= 15 is 0 Å². The number of fused-ring (bicyclic) bond motifs is 3. The van der Waals surface area contributed by atoms with E-state index in [0.717, 1.165) is 19.3 Å². The standard InChI is InChI=1S/C21H30O4/c1-11(2)14-17(23)15-12(22)10-13-20(3,4)8-7-9-21(13,5)16(15)19(25-6)18(14)24/h11,13,23-24H,7-10H2,1-6H3. The minimum absolute atomic E-state index is 0.0215. The van der Waals surface area contributed by atoms with Crippen molar-refractivity contribution in [2.24, 2.45) is 11.3 Å². The van der Waals surface area contributed by atoms with E-state index < -0.39 is 0 Å². The van der Waals surface area contributed by atoms with Crippen LogP contribution in [0.4, 0.5) is 0 Å². The molecule has 0 aromatic heterocycles. The average Bonchev–Trinajstić information content (AvgIpc) is 2.49. The molecule has 2 unspecified atom stereocenters. The predicted molar refractivity (Wildman–Crippen MR) is 97.8 cm³/mol. The normalized spacial score (nSPS) is 27.8. The molecule has 4 nitrogen and oxygen atoms in total. The third-order valence-electron chi connectivity index (χ3n) is 6.69. The van der Waals surface area contributed by atoms with E-state index in [1.54, 1.807) is 0 Å². The number of phenols is 2. The van der Waals surface area contributed by atoms with Crippen molar-refractivity contribution in [2.75, 3.05) is 7.11 Å². The van der Waals surface area contributed by atoms with Crippen molar-refractivity contribution in [1.82, 2.24) is 0 Å². The smallest absolute Gasteiger partial charge is 0.167 e. The highest BCUT2D eigenvalue weighted by atomic mass is 16.5. The lowest BCUT2D eigenvalue weighted by atomic mass is 9.50. The van der Waals surface area contributed by atoms with Gasteiger partial charge in [0.15, 0.2) is 17.3 Å². The van der Waals surface area contributed by atoms with Gasteiger partial charge in [-0.1, -0.05) is 41.0 Å². The highest BCUT2D eigenvalue weighted by Crippen LogP contribution is 2.62. The van der Waals surface area contributed by atoms with Crippen LogP contribution in [0.2, 0.25) is 0 Å². The Bertz CT molecular complexity index is 732. The molecule has 138 valence electrons. The monoisotopic (exact) mass is 346 g/mol. The summed E-state index contributed by atoms with van der Waals surface area (Å²) in [6.07, 6.45) is 3.51. The summed E-state index contributed by atoms with van der Waals surface area (Å²) in [6.45, 7) is 10.4. The van der Waals surface area contributed by atoms with E-state index in [0.29, 0.717) is 28.9 Å². The van der Waals surface area contributed by atoms with Gasteiger partial charge in [0.05, 0.1) is 12.7 Å². The number of carbonyl (C=O) groups excluding carboxylic acids is 1. The van der Waals surface area contributed by atoms with Crippen LogP contribution in [0.15, 0.2) is 0 Å². The van der Waals surface area contributed by atoms with E-state index in [2.05, 4.69) is 20.8 Å². The number of benzene rings is 1. The van der Waals surface area contributed by atoms with Gasteiger partial charge >= 0.3 is 0 Å². The predicted octanol–water partition coefficient (Wildman–Crippen LogP) is 4.90. The summed E-state index contributed by atoms with van der Waals surface area (Å²) in [6, 6.07) is 0. The number of ether oxygens (including phenoxy) is 1. The number of methoxy groups -OCH3 is 1. The van der Waals surface area contributed by atoms with Gasteiger partial charge in [0.25, 0.3) is 0 Å². The van der Waals surface area contributed by atoms with Crippen LogP contribution in [0.3, 0.4) is 0 Å². The molecule has 1 aromatic rings. The molecule has 1 fully saturated rings. The van der Waals surface area contributed by atoms with Crippen LogP contribution in [0.1, 0.15) is 87.7 Å². The van der Waals surface area contributed by atoms with Gasteiger partial charge in [0, 0.05) is 23.0 Å². The van der Waals surface area contributed by atoms with Gasteiger partial charge in [-0.2, -0.15) is 0 Å². The highest BCUT2D eigenvalue weighted by molar-refractivity contribution is 6.04. The molecule has 2 N–H and O–H groups in total. The Morgan fingerprint density at radius 3 is 2.32 bits per heavy atom. The molecule has 4 heteroatoms. The third kappa shape index (κ3) is 2.37. The lowest BCUT2D eigenvalue weighted by Crippen LogP contribution is -2.49. The van der Waals surface area contributed by atoms with Crippen molar-refractivity contribution < 1.29 is 19.7 Å². The fraction of sp³-hybridized carbons (Fsp3) is 0.667. The first-order chi connectivity index (χ1) is 11.6. The molecule has 2 aliphatic carbocycles. The van der Waals surface area contributed by atoms with Gasteiger partial charge in [-0.3, -0.25) is 4.79 Å². The zero-order valence-electron chi connectivity index (χ0n) is 16.2. The summed E-state index contributed by atoms with van der Waals surface area (Å²) in [7, 11) is 1.53. The van der Waals surface area contributed by atoms with Crippen molar-refractivity contribution in [3.63, 3.8) is 0 Å². The lowest BCUT2D eigenvalue weighted by molar-refractivity contribution is 0.0350. The molecule has 0 heterocycles. The number of aromatic hydroxyl groups is 2. The fourth-order valence-corrected chi connectivity index (χ4v) is 5.49. The summed E-state index contributed by atoms with van der Waals surface area (Å²) in [5, 5.41) is 21.7. The molecule has 1 saturated carbocycles. The van der Waals surface area contributed by atoms with Crippen LogP contribution in [-0.4, -0.2) is 23.1 Å². The minimum Gasteiger partial charge on any atom is -0.507 e. The zero-order chi connectivity index (χ0) is 18.7. The molecule has 2 aliphatic rings. The molecular formula is C21H30O4. The number of hydrogen-bond acceptors (Lipinski definition) is 4. The number of phenolic OH excluding ortho intramolecular Hbond substituents is 2. The second-order valence-corrected chi connectivity index (χ2v) is 8.99. The Kier molecular flexibility index (Phi) is 4.09. The van der Waals surface area contributed by atoms with Gasteiger partial charge < -0.3 is 14.9 Å². The van der Waals surface area contributed by atoms with Crippen molar-refractivity contribution in [2.45, 2.75) is 71.6 Å². The highest BCUT2D eigenvalue weighted by Gasteiger charge is 2.54. The van der Waals surface area contributed by atoms with Crippen LogP contribution in [0, 0.1) is 11.3 Å². The maximum absolute atomic E-state index is 13.0. The number of rotatable bonds is 2. The number of hydrogen-bond donors (Lipinski definition) is 2. The van der Waals surface area contributed by atoms with E-state index in [4.69, 9.17) is 4.74 Å². The molecule has 1 aromatic carbocycles. The molecule has 3 rings (SSSR count). The number of ketones is 1. The Morgan fingerprint density at radius 1 is 1.12 bits per heavy atom. The molecule has 0 spiro atoms. The van der Waals surface area contributed by atoms with E-state index in [1.807, 2.05) is 13.8 Å². The SMILES string of the molecule is COc1c(O)c(C(C)C)c(O)c2c1C1(C)CCCC(C)(C)C1CC2=O. The first-order valence-corrected chi connectivity index (χ1v) is 9.25. The molecule has 0 radical (unpaired) electrons. The maximum Gasteiger partial charge on any atom is 0.167 e. The summed E-state index contributed by atoms with van der Waals surface area (Å²) in [5.41, 5.74) is 1.23. The molecule has 25 heavy (non-hydrogen) atoms. The Morgan fingerprint density at radius 2 is 1.76 bits per heavy atom. The van der Waals surface area contributed by atoms with Crippen LogP contribution in [-0.2, 0) is 5.41 Å². The molecule has 0 amide bonds. The second kappa shape index (κ2) is 5.65. The van der Waals surface area contributed by atoms with Crippen molar-refractivity contribution in [3.8, 4) is 17.2 Å². The van der Waals surface area contributed by atoms with Crippen LogP contribution >= 0.6 is 0 Å². The fourth-order valence-electron chi connectivity index (χ4n) is 5.49. The largest absolute Gasteiger partial charge is 0.507 e. The topological polar surface area (TPSA) is 66.8 Å². The van der Waals surface area contributed by atoms with Gasteiger partial charge in [0.1, 0.15) is 5.75 Å². The van der Waals surface area contributed by atoms with Gasteiger partial charge in [-0.15, -0.1) is 0 Å². The van der Waals surface area contributed by atoms with E-state index in [9.17, 15) is 15.0 Å². The van der Waals surface area contributed by atoms with E-state index in [-0.39, 0.29) is 39.9 Å². The lowest BCUT2D eigenvalue weighted by Gasteiger charge is -2.54. The van der Waals surface area contributed by atoms with Crippen molar-refractivity contribution in [3.05, 3.63) is 16.7 Å². The molecular weight excluding hydrogens is 316 g/mol. The number of Topliss-reactive ketones (excluding diaryl/α,β-unsaturated/α-hetero) is 1. The summed E-state index contributed by atoms with van der Waals surface area (Å²) >= 11 is 0. The summed E-state index contributed by atoms with van der Waals surface area (Å²) < 4.78 is 5.61. The quantitative estimate of drug-likeness (QED) is 0.799. The van der Waals surface area contributed by atoms with Crippen molar-refractivity contribution in [1.29, 1.82) is 0 Å². The summed E-state index contributed by atoms with van der Waals surface area (Å²) in [4.78, 5) is 13.0. The third-order valence-corrected chi connectivity index (χ3v) is 6.69. The number of carbonyl (C=O) groups is 1. The summed E-state index contributed by atoms with van der Waals surface area (Å²) in [5.74, 6) is 0.315. The molecule has 0 bridgehead atoms. The second-order valence-electron chi connectivity index (χ2n) is 8.99. The molecule has 0 saturated heterocycles. The molecule has 2 atom stereocenters.